The van der Waals surface area contributed by atoms with E-state index >= 15 is 0 Å². The van der Waals surface area contributed by atoms with Crippen molar-refractivity contribution >= 4 is 48.6 Å². The molecule has 1 heterocycles. The van der Waals surface area contributed by atoms with Crippen LogP contribution in [0.3, 0.4) is 0 Å². The van der Waals surface area contributed by atoms with Crippen molar-refractivity contribution < 1.29 is 0 Å². The van der Waals surface area contributed by atoms with Crippen LogP contribution in [0.15, 0.2) is 200 Å². The summed E-state index contributed by atoms with van der Waals surface area (Å²) >= 11 is 1.88. The Morgan fingerprint density at radius 1 is 0.300 bits per heavy atom. The molecule has 9 rings (SSSR count). The number of thiophene rings is 1. The third-order valence-electron chi connectivity index (χ3n) is 9.49. The largest absolute Gasteiger partial charge is 0.310 e. The zero-order valence-electron chi connectivity index (χ0n) is 27.4. The van der Waals surface area contributed by atoms with E-state index in [-0.39, 0.29) is 0 Å². The quantitative estimate of drug-likeness (QED) is 0.165. The molecule has 1 nitrogen and oxygen atoms in total. The predicted molar refractivity (Wildman–Crippen MR) is 216 cm³/mol. The van der Waals surface area contributed by atoms with Crippen molar-refractivity contribution in [2.75, 3.05) is 4.90 Å². The highest BCUT2D eigenvalue weighted by molar-refractivity contribution is 7.26. The van der Waals surface area contributed by atoms with Gasteiger partial charge in [-0.2, -0.15) is 0 Å². The van der Waals surface area contributed by atoms with E-state index in [2.05, 4.69) is 205 Å². The van der Waals surface area contributed by atoms with Gasteiger partial charge in [-0.25, -0.2) is 0 Å². The van der Waals surface area contributed by atoms with E-state index in [1.807, 2.05) is 11.3 Å². The Bertz CT molecular complexity index is 2530. The molecule has 0 aliphatic carbocycles. The van der Waals surface area contributed by atoms with Crippen molar-refractivity contribution in [1.29, 1.82) is 0 Å². The van der Waals surface area contributed by atoms with Crippen LogP contribution < -0.4 is 4.90 Å². The van der Waals surface area contributed by atoms with Crippen molar-refractivity contribution in [2.45, 2.75) is 0 Å². The van der Waals surface area contributed by atoms with E-state index in [0.29, 0.717) is 0 Å². The second-order valence-corrected chi connectivity index (χ2v) is 13.6. The molecule has 0 atom stereocenters. The molecule has 0 N–H and O–H groups in total. The van der Waals surface area contributed by atoms with Crippen LogP contribution >= 0.6 is 11.3 Å². The summed E-state index contributed by atoms with van der Waals surface area (Å²) in [4.78, 5) is 2.38. The molecule has 0 fully saturated rings. The van der Waals surface area contributed by atoms with Crippen LogP contribution in [-0.4, -0.2) is 0 Å². The zero-order chi connectivity index (χ0) is 33.3. The Morgan fingerprint density at radius 3 is 1.28 bits per heavy atom. The molecule has 0 spiro atoms. The smallest absolute Gasteiger partial charge is 0.0475 e. The number of benzene rings is 8. The third-order valence-corrected chi connectivity index (χ3v) is 10.7. The van der Waals surface area contributed by atoms with Gasteiger partial charge in [0.2, 0.25) is 0 Å². The molecule has 0 saturated carbocycles. The Morgan fingerprint density at radius 2 is 0.720 bits per heavy atom. The first-order valence-corrected chi connectivity index (χ1v) is 17.8. The Labute approximate surface area is 297 Å². The maximum absolute atomic E-state index is 2.38. The van der Waals surface area contributed by atoms with Crippen LogP contribution in [-0.2, 0) is 0 Å². The summed E-state index contributed by atoms with van der Waals surface area (Å²) in [5.74, 6) is 0. The fourth-order valence-corrected chi connectivity index (χ4v) is 8.16. The molecule has 0 unspecified atom stereocenters. The van der Waals surface area contributed by atoms with Crippen LogP contribution in [0.5, 0.6) is 0 Å². The van der Waals surface area contributed by atoms with E-state index in [1.54, 1.807) is 0 Å². The normalized spacial score (nSPS) is 11.2. The van der Waals surface area contributed by atoms with E-state index < -0.39 is 0 Å². The molecular weight excluding hydrogens is 623 g/mol. The average molecular weight is 656 g/mol. The number of fused-ring (bicyclic) bond motifs is 3. The monoisotopic (exact) mass is 655 g/mol. The highest BCUT2D eigenvalue weighted by Crippen LogP contribution is 2.46. The Hall–Kier alpha value is -6.22. The van der Waals surface area contributed by atoms with Crippen molar-refractivity contribution in [2.24, 2.45) is 0 Å². The van der Waals surface area contributed by atoms with Gasteiger partial charge in [-0.05, 0) is 81.4 Å². The van der Waals surface area contributed by atoms with E-state index in [4.69, 9.17) is 0 Å². The summed E-state index contributed by atoms with van der Waals surface area (Å²) in [6.45, 7) is 0. The minimum absolute atomic E-state index is 1.12. The number of nitrogens with zero attached hydrogens (tertiary/aromatic N) is 1. The number of anilines is 3. The van der Waals surface area contributed by atoms with Gasteiger partial charge < -0.3 is 4.90 Å². The van der Waals surface area contributed by atoms with Crippen LogP contribution in [0.2, 0.25) is 0 Å². The van der Waals surface area contributed by atoms with Gasteiger partial charge in [0.25, 0.3) is 0 Å². The van der Waals surface area contributed by atoms with Gasteiger partial charge in [-0.1, -0.05) is 158 Å². The molecule has 8 aromatic carbocycles. The summed E-state index contributed by atoms with van der Waals surface area (Å²) in [7, 11) is 0. The van der Waals surface area contributed by atoms with Gasteiger partial charge in [0.1, 0.15) is 0 Å². The lowest BCUT2D eigenvalue weighted by molar-refractivity contribution is 1.29. The van der Waals surface area contributed by atoms with Crippen molar-refractivity contribution in [3.8, 4) is 44.5 Å². The fourth-order valence-electron chi connectivity index (χ4n) is 6.94. The maximum Gasteiger partial charge on any atom is 0.0475 e. The molecule has 0 aliphatic heterocycles. The van der Waals surface area contributed by atoms with Crippen LogP contribution in [0.1, 0.15) is 0 Å². The molecule has 0 amide bonds. The number of para-hydroxylation sites is 1. The summed E-state index contributed by atoms with van der Waals surface area (Å²) in [5.41, 5.74) is 13.1. The number of rotatable bonds is 7. The predicted octanol–water partition coefficient (Wildman–Crippen LogP) is 14.2. The SMILES string of the molecule is c1ccc(-c2ccc(-c3ccc(N(c4ccccc4)c4cc(-c5ccc(-c6ccccc6)cc5)c5sc6ccccc6c5c4)cc3)cc2)cc1. The third kappa shape index (κ3) is 5.66. The fraction of sp³-hybridized carbons (Fsp3) is 0. The Balaban J connectivity index is 1.15. The summed E-state index contributed by atoms with van der Waals surface area (Å²) < 4.78 is 2.61. The molecule has 1 aromatic heterocycles. The first-order valence-electron chi connectivity index (χ1n) is 17.0. The molecule has 50 heavy (non-hydrogen) atoms. The van der Waals surface area contributed by atoms with Gasteiger partial charge in [0.05, 0.1) is 0 Å². The second kappa shape index (κ2) is 13.0. The first-order chi connectivity index (χ1) is 24.8. The average Bonchev–Trinajstić information content (AvgIpc) is 3.58. The lowest BCUT2D eigenvalue weighted by atomic mass is 9.97. The summed E-state index contributed by atoms with van der Waals surface area (Å²) in [6, 6.07) is 72.3. The first kappa shape index (κ1) is 29.9. The molecule has 0 bridgehead atoms. The van der Waals surface area contributed by atoms with Gasteiger partial charge in [0, 0.05) is 42.8 Å². The highest BCUT2D eigenvalue weighted by atomic mass is 32.1. The molecule has 0 saturated heterocycles. The topological polar surface area (TPSA) is 3.24 Å². The number of hydrogen-bond donors (Lipinski definition) is 0. The van der Waals surface area contributed by atoms with E-state index in [1.165, 1.54) is 64.7 Å². The van der Waals surface area contributed by atoms with Crippen LogP contribution in [0.4, 0.5) is 17.1 Å². The van der Waals surface area contributed by atoms with Crippen LogP contribution in [0.25, 0.3) is 64.7 Å². The zero-order valence-corrected chi connectivity index (χ0v) is 28.2. The van der Waals surface area contributed by atoms with Gasteiger partial charge >= 0.3 is 0 Å². The standard InChI is InChI=1S/C48H33NS/c1-4-12-34(13-5-1)36-20-22-38(23-21-36)39-28-30-42(31-29-39)49(41-16-8-3-9-17-41)43-32-45(48-46(33-43)44-18-10-11-19-47(44)50-48)40-26-24-37(25-27-40)35-14-6-2-7-15-35/h1-33H. The van der Waals surface area contributed by atoms with Crippen molar-refractivity contribution in [3.63, 3.8) is 0 Å². The van der Waals surface area contributed by atoms with Crippen molar-refractivity contribution in [1.82, 2.24) is 0 Å². The minimum atomic E-state index is 1.12. The van der Waals surface area contributed by atoms with E-state index in [9.17, 15) is 0 Å². The van der Waals surface area contributed by atoms with Gasteiger partial charge in [-0.15, -0.1) is 11.3 Å². The highest BCUT2D eigenvalue weighted by Gasteiger charge is 2.19. The lowest BCUT2D eigenvalue weighted by Crippen LogP contribution is -2.10. The summed E-state index contributed by atoms with van der Waals surface area (Å²) in [5, 5.41) is 2.57. The minimum Gasteiger partial charge on any atom is -0.310 e. The second-order valence-electron chi connectivity index (χ2n) is 12.6. The summed E-state index contributed by atoms with van der Waals surface area (Å²) in [6.07, 6.45) is 0. The lowest BCUT2D eigenvalue weighted by Gasteiger charge is -2.26. The molecule has 9 aromatic rings. The van der Waals surface area contributed by atoms with Gasteiger partial charge in [0.15, 0.2) is 0 Å². The molecule has 236 valence electrons. The number of hydrogen-bond acceptors (Lipinski definition) is 2. The molecule has 0 aliphatic rings. The molecule has 0 radical (unpaired) electrons. The van der Waals surface area contributed by atoms with Crippen LogP contribution in [0, 0.1) is 0 Å². The van der Waals surface area contributed by atoms with E-state index in [0.717, 1.165) is 17.1 Å². The molecular formula is C48H33NS. The van der Waals surface area contributed by atoms with Gasteiger partial charge in [-0.3, -0.25) is 0 Å². The van der Waals surface area contributed by atoms with Crippen molar-refractivity contribution in [3.05, 3.63) is 200 Å². The Kier molecular flexibility index (Phi) is 7.77. The molecule has 2 heteroatoms. The maximum atomic E-state index is 2.38.